The van der Waals surface area contributed by atoms with E-state index in [4.69, 9.17) is 9.98 Å². The van der Waals surface area contributed by atoms with Crippen molar-refractivity contribution < 1.29 is 4.79 Å². The maximum Gasteiger partial charge on any atom is 0.256 e. The molecule has 2 aromatic rings. The van der Waals surface area contributed by atoms with Crippen molar-refractivity contribution >= 4 is 17.3 Å². The van der Waals surface area contributed by atoms with Gasteiger partial charge in [-0.05, 0) is 55.5 Å². The van der Waals surface area contributed by atoms with Crippen molar-refractivity contribution in [1.29, 1.82) is 5.26 Å². The smallest absolute Gasteiger partial charge is 0.256 e. The number of unbranched alkanes of at least 4 members (excludes halogenated alkanes) is 1. The molecule has 5 nitrogen and oxygen atoms in total. The number of carbonyl (C=O) groups excluding carboxylic acids is 1. The van der Waals surface area contributed by atoms with Crippen molar-refractivity contribution in [3.05, 3.63) is 84.2 Å². The SMILES string of the molecule is C=C/C=C(\C=C/C)c1ccc(C#N)c(-c2ccc(CN3C(=O)C4(CCCC4)N=C3CCCC)nc2)c1. The molecule has 5 heteroatoms. The molecule has 1 fully saturated rings. The van der Waals surface area contributed by atoms with Gasteiger partial charge in [0.1, 0.15) is 11.4 Å². The maximum atomic E-state index is 13.4. The number of amidine groups is 1. The van der Waals surface area contributed by atoms with E-state index in [9.17, 15) is 10.1 Å². The predicted octanol–water partition coefficient (Wildman–Crippen LogP) is 7.01. The summed E-state index contributed by atoms with van der Waals surface area (Å²) in [5.74, 6) is 1.06. The van der Waals surface area contributed by atoms with E-state index in [0.717, 1.165) is 78.7 Å². The van der Waals surface area contributed by atoms with Gasteiger partial charge in [0.25, 0.3) is 5.91 Å². The summed E-state index contributed by atoms with van der Waals surface area (Å²) in [4.78, 5) is 25.0. The number of nitriles is 1. The van der Waals surface area contributed by atoms with Crippen LogP contribution < -0.4 is 0 Å². The fourth-order valence-corrected chi connectivity index (χ4v) is 5.15. The van der Waals surface area contributed by atoms with Crippen molar-refractivity contribution in [1.82, 2.24) is 9.88 Å². The first kappa shape index (κ1) is 25.3. The van der Waals surface area contributed by atoms with Gasteiger partial charge in [-0.25, -0.2) is 0 Å². The van der Waals surface area contributed by atoms with Crippen LogP contribution in [-0.4, -0.2) is 27.2 Å². The molecule has 0 N–H and O–H groups in total. The highest BCUT2D eigenvalue weighted by atomic mass is 16.2. The van der Waals surface area contributed by atoms with Crippen LogP contribution in [0.5, 0.6) is 0 Å². The fraction of sp³-hybridized carbons (Fsp3) is 0.355. The summed E-state index contributed by atoms with van der Waals surface area (Å²) in [5.41, 5.74) is 4.62. The summed E-state index contributed by atoms with van der Waals surface area (Å²) in [6.45, 7) is 8.38. The molecule has 0 unspecified atom stereocenters. The number of carbonyl (C=O) groups is 1. The van der Waals surface area contributed by atoms with Crippen molar-refractivity contribution in [2.24, 2.45) is 4.99 Å². The first-order valence-corrected chi connectivity index (χ1v) is 12.9. The summed E-state index contributed by atoms with van der Waals surface area (Å²) in [7, 11) is 0. The van der Waals surface area contributed by atoms with Crippen molar-refractivity contribution in [3.63, 3.8) is 0 Å². The quantitative estimate of drug-likeness (QED) is 0.364. The first-order chi connectivity index (χ1) is 17.5. The normalized spacial score (nSPS) is 17.1. The number of aromatic nitrogens is 1. The molecule has 1 saturated carbocycles. The number of nitrogens with zero attached hydrogens (tertiary/aromatic N) is 4. The van der Waals surface area contributed by atoms with Crippen molar-refractivity contribution in [2.45, 2.75) is 70.9 Å². The lowest BCUT2D eigenvalue weighted by molar-refractivity contribution is -0.131. The third-order valence-electron chi connectivity index (χ3n) is 7.06. The second-order valence-electron chi connectivity index (χ2n) is 9.53. The molecular weight excluding hydrogens is 444 g/mol. The van der Waals surface area contributed by atoms with E-state index < -0.39 is 5.54 Å². The lowest BCUT2D eigenvalue weighted by Crippen LogP contribution is -2.40. The average Bonchev–Trinajstić information content (AvgIpc) is 3.48. The minimum Gasteiger partial charge on any atom is -0.292 e. The fourth-order valence-electron chi connectivity index (χ4n) is 5.15. The van der Waals surface area contributed by atoms with Gasteiger partial charge in [-0.3, -0.25) is 19.7 Å². The molecule has 1 aromatic carbocycles. The number of hydrogen-bond donors (Lipinski definition) is 0. The molecule has 1 spiro atoms. The van der Waals surface area contributed by atoms with E-state index >= 15 is 0 Å². The van der Waals surface area contributed by atoms with Gasteiger partial charge >= 0.3 is 0 Å². The number of amides is 1. The number of rotatable bonds is 9. The van der Waals surface area contributed by atoms with Gasteiger partial charge in [0.15, 0.2) is 0 Å². The first-order valence-electron chi connectivity index (χ1n) is 12.9. The number of pyridine rings is 1. The largest absolute Gasteiger partial charge is 0.292 e. The standard InChI is InChI=1S/C31H34N4O/c1-4-7-12-29-34-31(17-8-9-18-31)30(36)35(29)22-27-16-15-26(21-33-27)28-19-24(13-14-25(28)20-32)23(10-5-2)11-6-3/h5-6,10-11,13-16,19,21H,2,4,7-9,12,17-18,22H2,1,3H3/b11-6-,23-10+. The molecule has 1 aliphatic heterocycles. The summed E-state index contributed by atoms with van der Waals surface area (Å²) in [5, 5.41) is 9.72. The molecule has 0 bridgehead atoms. The van der Waals surface area contributed by atoms with Crippen LogP contribution in [0.25, 0.3) is 16.7 Å². The predicted molar refractivity (Wildman–Crippen MR) is 146 cm³/mol. The van der Waals surface area contributed by atoms with Gasteiger partial charge in [-0.1, -0.05) is 69.2 Å². The second-order valence-corrected chi connectivity index (χ2v) is 9.53. The monoisotopic (exact) mass is 478 g/mol. The highest BCUT2D eigenvalue weighted by Gasteiger charge is 2.49. The van der Waals surface area contributed by atoms with Gasteiger partial charge in [0, 0.05) is 23.7 Å². The van der Waals surface area contributed by atoms with Gasteiger partial charge in [0.2, 0.25) is 0 Å². The molecule has 1 amide bonds. The van der Waals surface area contributed by atoms with Crippen LogP contribution in [0, 0.1) is 11.3 Å². The molecule has 36 heavy (non-hydrogen) atoms. The Morgan fingerprint density at radius 2 is 2.06 bits per heavy atom. The molecule has 4 rings (SSSR count). The molecule has 1 aromatic heterocycles. The van der Waals surface area contributed by atoms with Gasteiger partial charge in [0.05, 0.1) is 23.9 Å². The Morgan fingerprint density at radius 3 is 2.69 bits per heavy atom. The van der Waals surface area contributed by atoms with Crippen LogP contribution in [-0.2, 0) is 11.3 Å². The summed E-state index contributed by atoms with van der Waals surface area (Å²) in [6.07, 6.45) is 16.3. The Labute approximate surface area is 214 Å². The number of allylic oxidation sites excluding steroid dienone is 5. The topological polar surface area (TPSA) is 69.3 Å². The Balaban J connectivity index is 1.60. The van der Waals surface area contributed by atoms with E-state index in [-0.39, 0.29) is 5.91 Å². The van der Waals surface area contributed by atoms with Crippen molar-refractivity contribution in [2.75, 3.05) is 0 Å². The Kier molecular flexibility index (Phi) is 7.95. The zero-order valence-electron chi connectivity index (χ0n) is 21.3. The van der Waals surface area contributed by atoms with Crippen LogP contribution in [0.2, 0.25) is 0 Å². The Bertz CT molecular complexity index is 1250. The van der Waals surface area contributed by atoms with Crippen LogP contribution in [0.4, 0.5) is 0 Å². The molecular formula is C31H34N4O. The molecule has 0 radical (unpaired) electrons. The molecule has 2 aliphatic rings. The highest BCUT2D eigenvalue weighted by Crippen LogP contribution is 2.40. The lowest BCUT2D eigenvalue weighted by atomic mass is 9.95. The highest BCUT2D eigenvalue weighted by molar-refractivity contribution is 6.08. The molecule has 1 aliphatic carbocycles. The second kappa shape index (κ2) is 11.3. The van der Waals surface area contributed by atoms with Crippen LogP contribution >= 0.6 is 0 Å². The zero-order valence-corrected chi connectivity index (χ0v) is 21.3. The van der Waals surface area contributed by atoms with Gasteiger partial charge in [-0.2, -0.15) is 5.26 Å². The molecule has 184 valence electrons. The summed E-state index contributed by atoms with van der Waals surface area (Å²) < 4.78 is 0. The number of aliphatic imine (C=N–C) groups is 1. The van der Waals surface area contributed by atoms with E-state index in [1.54, 1.807) is 12.3 Å². The summed E-state index contributed by atoms with van der Waals surface area (Å²) in [6, 6.07) is 12.1. The third-order valence-corrected chi connectivity index (χ3v) is 7.06. The van der Waals surface area contributed by atoms with Crippen molar-refractivity contribution in [3.8, 4) is 17.2 Å². The third kappa shape index (κ3) is 5.09. The minimum atomic E-state index is -0.533. The van der Waals surface area contributed by atoms with Gasteiger partial charge < -0.3 is 0 Å². The van der Waals surface area contributed by atoms with Crippen LogP contribution in [0.15, 0.2) is 72.4 Å². The van der Waals surface area contributed by atoms with Crippen LogP contribution in [0.3, 0.4) is 0 Å². The van der Waals surface area contributed by atoms with Gasteiger partial charge in [-0.15, -0.1) is 0 Å². The van der Waals surface area contributed by atoms with E-state index in [1.165, 1.54) is 0 Å². The summed E-state index contributed by atoms with van der Waals surface area (Å²) >= 11 is 0. The maximum absolute atomic E-state index is 13.4. The zero-order chi connectivity index (χ0) is 25.5. The van der Waals surface area contributed by atoms with E-state index in [2.05, 4.69) is 19.6 Å². The molecule has 2 heterocycles. The molecule has 0 saturated heterocycles. The minimum absolute atomic E-state index is 0.141. The van der Waals surface area contributed by atoms with E-state index in [1.807, 2.05) is 60.4 Å². The average molecular weight is 479 g/mol. The number of hydrogen-bond acceptors (Lipinski definition) is 4. The Morgan fingerprint density at radius 1 is 1.25 bits per heavy atom. The molecule has 0 atom stereocenters. The number of benzene rings is 1. The lowest BCUT2D eigenvalue weighted by Gasteiger charge is -2.22. The Hall–Kier alpha value is -3.78. The van der Waals surface area contributed by atoms with E-state index in [0.29, 0.717) is 12.1 Å². The van der Waals surface area contributed by atoms with Crippen LogP contribution in [0.1, 0.15) is 75.6 Å².